The molecule has 1 aliphatic carbocycles. The summed E-state index contributed by atoms with van der Waals surface area (Å²) in [5.74, 6) is -4.74. The Balaban J connectivity index is 1.86. The quantitative estimate of drug-likeness (QED) is 0.784. The molecule has 0 aromatic rings. The molecule has 1 heterocycles. The number of ether oxygens (including phenoxy) is 1. The molecule has 1 aliphatic heterocycles. The largest absolute Gasteiger partial charge is 0.479 e. The Morgan fingerprint density at radius 2 is 1.91 bits per heavy atom. The fourth-order valence-corrected chi connectivity index (χ4v) is 5.07. The lowest BCUT2D eigenvalue weighted by Gasteiger charge is -2.37. The van der Waals surface area contributed by atoms with E-state index in [-0.39, 0.29) is 37.6 Å². The molecule has 2 aliphatic rings. The summed E-state index contributed by atoms with van der Waals surface area (Å²) in [7, 11) is -2.24. The van der Waals surface area contributed by atoms with Gasteiger partial charge >= 0.3 is 5.97 Å². The van der Waals surface area contributed by atoms with Gasteiger partial charge in [0.25, 0.3) is 0 Å². The summed E-state index contributed by atoms with van der Waals surface area (Å²) in [5.41, 5.74) is 0. The van der Waals surface area contributed by atoms with Crippen LogP contribution in [-0.4, -0.2) is 61.8 Å². The molecule has 1 saturated carbocycles. The van der Waals surface area contributed by atoms with Crippen molar-refractivity contribution in [1.29, 1.82) is 0 Å². The van der Waals surface area contributed by atoms with Gasteiger partial charge in [0.2, 0.25) is 15.9 Å². The van der Waals surface area contributed by atoms with Gasteiger partial charge in [-0.05, 0) is 24.7 Å². The average Bonchev–Trinajstić information content (AvgIpc) is 2.37. The minimum Gasteiger partial charge on any atom is -0.479 e. The van der Waals surface area contributed by atoms with E-state index in [9.17, 15) is 22.0 Å². The van der Waals surface area contributed by atoms with E-state index < -0.39 is 33.9 Å². The smallest absolute Gasteiger partial charge is 0.333 e. The molecule has 1 unspecified atom stereocenters. The number of hydrogen-bond acceptors (Lipinski definition) is 4. The van der Waals surface area contributed by atoms with Gasteiger partial charge in [-0.2, -0.15) is 0 Å². The number of carbonyl (C=O) groups is 1. The molecule has 1 saturated heterocycles. The molecular weight excluding hydrogens is 320 g/mol. The number of carboxylic acid groups (broad SMARTS) is 1. The lowest BCUT2D eigenvalue weighted by atomic mass is 9.83. The summed E-state index contributed by atoms with van der Waals surface area (Å²) in [4.78, 5) is 11.0. The van der Waals surface area contributed by atoms with Gasteiger partial charge in [-0.25, -0.2) is 26.3 Å². The molecule has 0 spiro atoms. The molecule has 0 amide bonds. The molecule has 0 aromatic heterocycles. The first kappa shape index (κ1) is 17.6. The number of aliphatic carboxylic acids is 1. The summed E-state index contributed by atoms with van der Waals surface area (Å²) in [6.07, 6.45) is -0.883. The molecule has 0 bridgehead atoms. The average molecular weight is 341 g/mol. The Labute approximate surface area is 128 Å². The summed E-state index contributed by atoms with van der Waals surface area (Å²) in [6, 6.07) is 0. The number of nitrogens with zero attached hydrogens (tertiary/aromatic N) is 1. The normalized spacial score (nSPS) is 25.6. The van der Waals surface area contributed by atoms with Crippen LogP contribution in [-0.2, 0) is 19.6 Å². The van der Waals surface area contributed by atoms with Crippen molar-refractivity contribution in [2.45, 2.75) is 37.7 Å². The van der Waals surface area contributed by atoms with Crippen molar-refractivity contribution in [2.75, 3.05) is 26.0 Å². The third kappa shape index (κ3) is 3.94. The van der Waals surface area contributed by atoms with E-state index in [0.29, 0.717) is 12.8 Å². The van der Waals surface area contributed by atoms with Crippen molar-refractivity contribution in [2.24, 2.45) is 11.8 Å². The van der Waals surface area contributed by atoms with E-state index in [1.807, 2.05) is 0 Å². The number of hydrogen-bond donors (Lipinski definition) is 1. The monoisotopic (exact) mass is 341 g/mol. The second-order valence-corrected chi connectivity index (χ2v) is 8.15. The number of sulfonamides is 1. The number of carboxylic acids is 1. The molecule has 0 radical (unpaired) electrons. The first-order valence-corrected chi connectivity index (χ1v) is 8.87. The molecule has 0 aromatic carbocycles. The van der Waals surface area contributed by atoms with Crippen LogP contribution in [0.3, 0.4) is 0 Å². The van der Waals surface area contributed by atoms with Crippen LogP contribution < -0.4 is 0 Å². The van der Waals surface area contributed by atoms with Crippen molar-refractivity contribution in [1.82, 2.24) is 4.31 Å². The van der Waals surface area contributed by atoms with E-state index >= 15 is 0 Å². The first-order valence-electron chi connectivity index (χ1n) is 7.26. The van der Waals surface area contributed by atoms with E-state index in [0.717, 1.165) is 0 Å². The number of methoxy groups -OCH3 is 1. The maximum Gasteiger partial charge on any atom is 0.333 e. The van der Waals surface area contributed by atoms with Crippen molar-refractivity contribution in [3.63, 3.8) is 0 Å². The Morgan fingerprint density at radius 3 is 2.32 bits per heavy atom. The zero-order valence-corrected chi connectivity index (χ0v) is 13.2. The van der Waals surface area contributed by atoms with Crippen LogP contribution in [0.15, 0.2) is 0 Å². The zero-order chi connectivity index (χ0) is 16.5. The van der Waals surface area contributed by atoms with Gasteiger partial charge in [0.05, 0.1) is 5.75 Å². The van der Waals surface area contributed by atoms with Gasteiger partial charge in [0, 0.05) is 33.0 Å². The summed E-state index contributed by atoms with van der Waals surface area (Å²) in [6.45, 7) is 0.423. The van der Waals surface area contributed by atoms with Crippen LogP contribution in [0.2, 0.25) is 0 Å². The third-order valence-electron chi connectivity index (χ3n) is 4.44. The number of rotatable bonds is 6. The Kier molecular flexibility index (Phi) is 5.08. The number of piperidine rings is 1. The fraction of sp³-hybridized carbons (Fsp3) is 0.923. The highest BCUT2D eigenvalue weighted by molar-refractivity contribution is 7.89. The van der Waals surface area contributed by atoms with Crippen LogP contribution in [0.25, 0.3) is 0 Å². The molecular formula is C13H21F2NO5S. The molecule has 22 heavy (non-hydrogen) atoms. The van der Waals surface area contributed by atoms with Crippen LogP contribution in [0.4, 0.5) is 8.78 Å². The molecule has 1 atom stereocenters. The van der Waals surface area contributed by atoms with Gasteiger partial charge in [-0.1, -0.05) is 0 Å². The summed E-state index contributed by atoms with van der Waals surface area (Å²) >= 11 is 0. The van der Waals surface area contributed by atoms with Crippen molar-refractivity contribution in [3.05, 3.63) is 0 Å². The Morgan fingerprint density at radius 1 is 1.36 bits per heavy atom. The standard InChI is InChI=1S/C13H21F2NO5S/c1-21-11(12(17)18)10-2-4-16(5-3-10)22(19,20)8-9-6-13(14,15)7-9/h9-11H,2-8H2,1H3,(H,17,18). The molecule has 2 rings (SSSR count). The lowest BCUT2D eigenvalue weighted by Crippen LogP contribution is -2.47. The number of halogens is 2. The molecule has 1 N–H and O–H groups in total. The minimum atomic E-state index is -3.56. The highest BCUT2D eigenvalue weighted by Gasteiger charge is 2.47. The molecule has 6 nitrogen and oxygen atoms in total. The Bertz CT molecular complexity index is 509. The van der Waals surface area contributed by atoms with E-state index in [1.165, 1.54) is 11.4 Å². The molecule has 2 fully saturated rings. The minimum absolute atomic E-state index is 0.212. The second-order valence-electron chi connectivity index (χ2n) is 6.14. The van der Waals surface area contributed by atoms with Crippen molar-refractivity contribution in [3.8, 4) is 0 Å². The van der Waals surface area contributed by atoms with E-state index in [1.54, 1.807) is 0 Å². The SMILES string of the molecule is COC(C(=O)O)C1CCN(S(=O)(=O)CC2CC(F)(F)C2)CC1. The number of alkyl halides is 2. The molecule has 128 valence electrons. The van der Waals surface area contributed by atoms with Gasteiger partial charge in [-0.3, -0.25) is 0 Å². The predicted molar refractivity (Wildman–Crippen MR) is 74.2 cm³/mol. The third-order valence-corrected chi connectivity index (χ3v) is 6.48. The van der Waals surface area contributed by atoms with Crippen LogP contribution in [0, 0.1) is 11.8 Å². The van der Waals surface area contributed by atoms with Crippen LogP contribution in [0.5, 0.6) is 0 Å². The second kappa shape index (κ2) is 6.37. The lowest BCUT2D eigenvalue weighted by molar-refractivity contribution is -0.152. The van der Waals surface area contributed by atoms with Gasteiger partial charge in [0.1, 0.15) is 0 Å². The van der Waals surface area contributed by atoms with Crippen molar-refractivity contribution >= 4 is 16.0 Å². The van der Waals surface area contributed by atoms with Gasteiger partial charge in [0.15, 0.2) is 6.10 Å². The Hall–Kier alpha value is -0.800. The van der Waals surface area contributed by atoms with Gasteiger partial charge in [-0.15, -0.1) is 0 Å². The van der Waals surface area contributed by atoms with E-state index in [2.05, 4.69) is 0 Å². The zero-order valence-electron chi connectivity index (χ0n) is 12.4. The first-order chi connectivity index (χ1) is 10.1. The molecule has 9 heteroatoms. The highest BCUT2D eigenvalue weighted by Crippen LogP contribution is 2.43. The predicted octanol–water partition coefficient (Wildman–Crippen LogP) is 1.17. The maximum absolute atomic E-state index is 12.8. The van der Waals surface area contributed by atoms with Crippen molar-refractivity contribution < 1.29 is 31.8 Å². The van der Waals surface area contributed by atoms with Crippen LogP contribution in [0.1, 0.15) is 25.7 Å². The highest BCUT2D eigenvalue weighted by atomic mass is 32.2. The summed E-state index contributed by atoms with van der Waals surface area (Å²) in [5, 5.41) is 9.03. The van der Waals surface area contributed by atoms with Gasteiger partial charge < -0.3 is 9.84 Å². The fourth-order valence-electron chi connectivity index (χ4n) is 3.26. The topological polar surface area (TPSA) is 83.9 Å². The maximum atomic E-state index is 12.8. The van der Waals surface area contributed by atoms with Crippen LogP contribution >= 0.6 is 0 Å². The van der Waals surface area contributed by atoms with E-state index in [4.69, 9.17) is 9.84 Å². The summed E-state index contributed by atoms with van der Waals surface area (Å²) < 4.78 is 56.2.